The van der Waals surface area contributed by atoms with Gasteiger partial charge in [0.05, 0.1) is 0 Å². The van der Waals surface area contributed by atoms with Gasteiger partial charge in [-0.1, -0.05) is 41.9 Å². The van der Waals surface area contributed by atoms with Crippen molar-refractivity contribution in [1.82, 2.24) is 5.32 Å². The van der Waals surface area contributed by atoms with E-state index in [4.69, 9.17) is 16.3 Å². The van der Waals surface area contributed by atoms with Crippen molar-refractivity contribution in [2.45, 2.75) is 31.8 Å². The molecular formula is C20H24ClNO. The molecule has 23 heavy (non-hydrogen) atoms. The smallest absolute Gasteiger partial charge is 0.119 e. The minimum Gasteiger partial charge on any atom is -0.490 e. The quantitative estimate of drug-likeness (QED) is 0.828. The predicted octanol–water partition coefficient (Wildman–Crippen LogP) is 4.72. The molecule has 0 aliphatic carbocycles. The molecule has 3 rings (SSSR count). The molecule has 2 aromatic rings. The first kappa shape index (κ1) is 16.4. The number of halogens is 1. The lowest BCUT2D eigenvalue weighted by atomic mass is 9.90. The van der Waals surface area contributed by atoms with Gasteiger partial charge >= 0.3 is 0 Å². The number of rotatable bonds is 6. The highest BCUT2D eigenvalue weighted by atomic mass is 35.5. The molecule has 0 saturated carbocycles. The van der Waals surface area contributed by atoms with E-state index >= 15 is 0 Å². The van der Waals surface area contributed by atoms with E-state index in [0.29, 0.717) is 0 Å². The maximum Gasteiger partial charge on any atom is 0.119 e. The molecule has 0 spiro atoms. The molecule has 0 aromatic heterocycles. The summed E-state index contributed by atoms with van der Waals surface area (Å²) in [5.41, 5.74) is 1.33. The average Bonchev–Trinajstić information content (AvgIpc) is 2.59. The van der Waals surface area contributed by atoms with Gasteiger partial charge in [0.2, 0.25) is 0 Å². The minimum absolute atomic E-state index is 0.210. The zero-order valence-corrected chi connectivity index (χ0v) is 14.1. The minimum atomic E-state index is 0.210. The summed E-state index contributed by atoms with van der Waals surface area (Å²) in [6.07, 6.45) is 4.76. The van der Waals surface area contributed by atoms with Crippen molar-refractivity contribution < 1.29 is 4.74 Å². The Hall–Kier alpha value is -1.51. The molecule has 0 radical (unpaired) electrons. The van der Waals surface area contributed by atoms with Crippen LogP contribution >= 0.6 is 11.6 Å². The van der Waals surface area contributed by atoms with Crippen LogP contribution in [0.3, 0.4) is 0 Å². The molecule has 1 saturated heterocycles. The van der Waals surface area contributed by atoms with E-state index < -0.39 is 0 Å². The Morgan fingerprint density at radius 2 is 1.70 bits per heavy atom. The molecule has 1 unspecified atom stereocenters. The first-order valence-electron chi connectivity index (χ1n) is 8.46. The van der Waals surface area contributed by atoms with Gasteiger partial charge in [0.15, 0.2) is 0 Å². The van der Waals surface area contributed by atoms with E-state index in [1.807, 2.05) is 24.3 Å². The molecule has 1 heterocycles. The van der Waals surface area contributed by atoms with E-state index in [1.54, 1.807) is 0 Å². The van der Waals surface area contributed by atoms with Gasteiger partial charge in [-0.25, -0.2) is 0 Å². The fourth-order valence-corrected chi connectivity index (χ4v) is 3.37. The standard InChI is InChI=1S/C20H24ClNO/c21-18-6-8-19(9-7-18)23-20(14-16-4-2-1-3-5-16)15-17-10-12-22-13-11-17/h1-9,17,20,22H,10-15H2. The van der Waals surface area contributed by atoms with Crippen molar-refractivity contribution in [2.75, 3.05) is 13.1 Å². The van der Waals surface area contributed by atoms with Crippen LogP contribution in [0.2, 0.25) is 5.02 Å². The second-order valence-corrected chi connectivity index (χ2v) is 6.75. The molecular weight excluding hydrogens is 306 g/mol. The molecule has 3 heteroatoms. The molecule has 1 atom stereocenters. The largest absolute Gasteiger partial charge is 0.490 e. The number of hydrogen-bond donors (Lipinski definition) is 1. The topological polar surface area (TPSA) is 21.3 Å². The van der Waals surface area contributed by atoms with Crippen molar-refractivity contribution in [3.63, 3.8) is 0 Å². The van der Waals surface area contributed by atoms with Gasteiger partial charge in [-0.15, -0.1) is 0 Å². The summed E-state index contributed by atoms with van der Waals surface area (Å²) in [5, 5.41) is 4.18. The van der Waals surface area contributed by atoms with Crippen LogP contribution in [0.1, 0.15) is 24.8 Å². The first-order valence-corrected chi connectivity index (χ1v) is 8.84. The third kappa shape index (κ3) is 5.26. The Labute approximate surface area is 143 Å². The van der Waals surface area contributed by atoms with Gasteiger partial charge in [-0.05, 0) is 68.1 Å². The molecule has 1 fully saturated rings. The zero-order valence-electron chi connectivity index (χ0n) is 13.4. The van der Waals surface area contributed by atoms with Crippen LogP contribution < -0.4 is 10.1 Å². The summed E-state index contributed by atoms with van der Waals surface area (Å²) in [7, 11) is 0. The maximum atomic E-state index is 6.30. The summed E-state index contributed by atoms with van der Waals surface area (Å²) in [6.45, 7) is 2.26. The lowest BCUT2D eigenvalue weighted by Crippen LogP contribution is -2.32. The van der Waals surface area contributed by atoms with Crippen molar-refractivity contribution in [3.8, 4) is 5.75 Å². The Morgan fingerprint density at radius 3 is 2.39 bits per heavy atom. The Morgan fingerprint density at radius 1 is 1.00 bits per heavy atom. The van der Waals surface area contributed by atoms with Crippen LogP contribution in [0.5, 0.6) is 5.75 Å². The Balaban J connectivity index is 1.67. The Kier molecular flexibility index (Phi) is 5.95. The van der Waals surface area contributed by atoms with E-state index in [-0.39, 0.29) is 6.10 Å². The third-order valence-corrected chi connectivity index (χ3v) is 4.73. The summed E-state index contributed by atoms with van der Waals surface area (Å²) in [4.78, 5) is 0. The lowest BCUT2D eigenvalue weighted by molar-refractivity contribution is 0.155. The fraction of sp³-hybridized carbons (Fsp3) is 0.400. The molecule has 2 nitrogen and oxygen atoms in total. The van der Waals surface area contributed by atoms with Gasteiger partial charge < -0.3 is 10.1 Å². The summed E-state index contributed by atoms with van der Waals surface area (Å²) in [6, 6.07) is 18.3. The fourth-order valence-electron chi connectivity index (χ4n) is 3.24. The van der Waals surface area contributed by atoms with Crippen LogP contribution in [-0.2, 0) is 6.42 Å². The van der Waals surface area contributed by atoms with Crippen LogP contribution in [-0.4, -0.2) is 19.2 Å². The molecule has 0 bridgehead atoms. The second kappa shape index (κ2) is 8.37. The SMILES string of the molecule is Clc1ccc(OC(Cc2ccccc2)CC2CCNCC2)cc1. The van der Waals surface area contributed by atoms with Crippen molar-refractivity contribution >= 4 is 11.6 Å². The number of nitrogens with one attached hydrogen (secondary N) is 1. The first-order chi connectivity index (χ1) is 11.3. The monoisotopic (exact) mass is 329 g/mol. The van der Waals surface area contributed by atoms with Crippen LogP contribution in [0.25, 0.3) is 0 Å². The third-order valence-electron chi connectivity index (χ3n) is 4.48. The van der Waals surface area contributed by atoms with Crippen molar-refractivity contribution in [1.29, 1.82) is 0 Å². The molecule has 1 N–H and O–H groups in total. The Bertz CT molecular complexity index is 578. The van der Waals surface area contributed by atoms with Crippen LogP contribution in [0.4, 0.5) is 0 Å². The van der Waals surface area contributed by atoms with Gasteiger partial charge in [0.25, 0.3) is 0 Å². The van der Waals surface area contributed by atoms with Gasteiger partial charge in [-0.3, -0.25) is 0 Å². The van der Waals surface area contributed by atoms with E-state index in [0.717, 1.165) is 42.6 Å². The normalized spacial score (nSPS) is 16.9. The second-order valence-electron chi connectivity index (χ2n) is 6.31. The number of hydrogen-bond acceptors (Lipinski definition) is 2. The average molecular weight is 330 g/mol. The molecule has 122 valence electrons. The number of ether oxygens (including phenoxy) is 1. The summed E-state index contributed by atoms with van der Waals surface area (Å²) in [5.74, 6) is 1.65. The molecule has 2 aromatic carbocycles. The highest BCUT2D eigenvalue weighted by Gasteiger charge is 2.20. The van der Waals surface area contributed by atoms with E-state index in [9.17, 15) is 0 Å². The number of benzene rings is 2. The van der Waals surface area contributed by atoms with Crippen molar-refractivity contribution in [3.05, 3.63) is 65.2 Å². The van der Waals surface area contributed by atoms with E-state index in [1.165, 1.54) is 18.4 Å². The lowest BCUT2D eigenvalue weighted by Gasteiger charge is -2.28. The van der Waals surface area contributed by atoms with E-state index in [2.05, 4.69) is 35.6 Å². The zero-order chi connectivity index (χ0) is 15.9. The van der Waals surface area contributed by atoms with Crippen LogP contribution in [0, 0.1) is 5.92 Å². The number of piperidine rings is 1. The summed E-state index contributed by atoms with van der Waals surface area (Å²) >= 11 is 5.97. The highest BCUT2D eigenvalue weighted by molar-refractivity contribution is 6.30. The van der Waals surface area contributed by atoms with Crippen LogP contribution in [0.15, 0.2) is 54.6 Å². The van der Waals surface area contributed by atoms with Gasteiger partial charge in [0.1, 0.15) is 11.9 Å². The summed E-state index contributed by atoms with van der Waals surface area (Å²) < 4.78 is 6.30. The van der Waals surface area contributed by atoms with Gasteiger partial charge in [-0.2, -0.15) is 0 Å². The molecule has 0 amide bonds. The molecule has 1 aliphatic heterocycles. The highest BCUT2D eigenvalue weighted by Crippen LogP contribution is 2.24. The molecule has 1 aliphatic rings. The van der Waals surface area contributed by atoms with Gasteiger partial charge in [0, 0.05) is 11.4 Å². The predicted molar refractivity (Wildman–Crippen MR) is 96.2 cm³/mol. The van der Waals surface area contributed by atoms with Crippen molar-refractivity contribution in [2.24, 2.45) is 5.92 Å². The maximum absolute atomic E-state index is 6.30.